The van der Waals surface area contributed by atoms with E-state index in [0.717, 1.165) is 29.2 Å². The van der Waals surface area contributed by atoms with Crippen molar-refractivity contribution >= 4 is 11.3 Å². The molecule has 4 rings (SSSR count). The maximum Gasteiger partial charge on any atom is 0.200 e. The van der Waals surface area contributed by atoms with Gasteiger partial charge in [-0.15, -0.1) is 10.2 Å². The van der Waals surface area contributed by atoms with Gasteiger partial charge < -0.3 is 5.32 Å². The van der Waals surface area contributed by atoms with Crippen LogP contribution in [0.15, 0.2) is 43.4 Å². The smallest absolute Gasteiger partial charge is 0.200 e. The summed E-state index contributed by atoms with van der Waals surface area (Å²) >= 11 is 0. The summed E-state index contributed by atoms with van der Waals surface area (Å²) in [5.41, 5.74) is 3.54. The Labute approximate surface area is 137 Å². The largest absolute Gasteiger partial charge is 0.378 e. The highest BCUT2D eigenvalue weighted by Crippen LogP contribution is 2.18. The monoisotopic (exact) mass is 321 g/mol. The number of rotatable bonds is 5. The van der Waals surface area contributed by atoms with Gasteiger partial charge in [0.05, 0.1) is 11.4 Å². The van der Waals surface area contributed by atoms with Crippen molar-refractivity contribution in [1.29, 1.82) is 0 Å². The van der Waals surface area contributed by atoms with Crippen molar-refractivity contribution in [3.05, 3.63) is 54.6 Å². The van der Waals surface area contributed by atoms with Crippen LogP contribution in [-0.4, -0.2) is 39.6 Å². The van der Waals surface area contributed by atoms with Crippen LogP contribution in [0.1, 0.15) is 18.2 Å². The van der Waals surface area contributed by atoms with Crippen LogP contribution < -0.4 is 5.32 Å². The normalized spacial score (nSPS) is 11.0. The van der Waals surface area contributed by atoms with Gasteiger partial charge in [-0.05, 0) is 18.6 Å². The number of hydrogen-bond acceptors (Lipinski definition) is 7. The molecule has 0 aliphatic rings. The predicted molar refractivity (Wildman–Crippen MR) is 86.6 cm³/mol. The molecule has 4 aromatic heterocycles. The van der Waals surface area contributed by atoms with E-state index in [1.807, 2.05) is 18.2 Å². The van der Waals surface area contributed by atoms with Crippen molar-refractivity contribution in [1.82, 2.24) is 39.6 Å². The summed E-state index contributed by atoms with van der Waals surface area (Å²) in [7, 11) is 0. The molecule has 4 aromatic rings. The van der Waals surface area contributed by atoms with E-state index in [4.69, 9.17) is 0 Å². The number of aryl methyl sites for hydroxylation is 1. The van der Waals surface area contributed by atoms with Gasteiger partial charge in [0.25, 0.3) is 0 Å². The Balaban J connectivity index is 1.66. The average molecular weight is 321 g/mol. The van der Waals surface area contributed by atoms with Crippen molar-refractivity contribution in [3.63, 3.8) is 0 Å². The Morgan fingerprint density at radius 1 is 1.25 bits per heavy atom. The molecule has 0 aliphatic heterocycles. The number of fused-ring (bicyclic) bond motifs is 1. The molecule has 0 radical (unpaired) electrons. The number of nitrogens with zero attached hydrogens (tertiary/aromatic N) is 8. The fraction of sp³-hybridized carbons (Fsp3) is 0.200. The third-order valence-corrected chi connectivity index (χ3v) is 3.65. The molecule has 4 heterocycles. The molecule has 9 nitrogen and oxygen atoms in total. The van der Waals surface area contributed by atoms with E-state index in [1.165, 1.54) is 6.33 Å². The standard InChI is InChI=1S/C15H15N9/c1-2-12-6-13(15-21-19-10-24(15)22-12)18-7-11-4-3-5-17-14(11)23-9-16-8-20-23/h3-6,8-10,18H,2,7H2,1H3. The van der Waals surface area contributed by atoms with Crippen LogP contribution in [0.2, 0.25) is 0 Å². The first-order valence-corrected chi connectivity index (χ1v) is 7.58. The molecule has 0 aliphatic carbocycles. The molecule has 1 N–H and O–H groups in total. The molecule has 0 saturated heterocycles. The Hall–Kier alpha value is -3.36. The van der Waals surface area contributed by atoms with Crippen molar-refractivity contribution in [2.45, 2.75) is 19.9 Å². The van der Waals surface area contributed by atoms with Crippen molar-refractivity contribution in [3.8, 4) is 5.82 Å². The van der Waals surface area contributed by atoms with Gasteiger partial charge in [-0.25, -0.2) is 14.6 Å². The molecular formula is C15H15N9. The number of anilines is 1. The maximum absolute atomic E-state index is 4.44. The average Bonchev–Trinajstić information content (AvgIpc) is 3.31. The highest BCUT2D eigenvalue weighted by molar-refractivity contribution is 5.66. The summed E-state index contributed by atoms with van der Waals surface area (Å²) in [6.07, 6.45) is 7.29. The molecule has 24 heavy (non-hydrogen) atoms. The molecule has 0 fully saturated rings. The van der Waals surface area contributed by atoms with Crippen molar-refractivity contribution in [2.24, 2.45) is 0 Å². The molecule has 0 unspecified atom stereocenters. The van der Waals surface area contributed by atoms with Crippen LogP contribution in [0.25, 0.3) is 11.5 Å². The molecule has 0 atom stereocenters. The zero-order valence-electron chi connectivity index (χ0n) is 13.0. The van der Waals surface area contributed by atoms with Gasteiger partial charge in [0.2, 0.25) is 5.65 Å². The van der Waals surface area contributed by atoms with Crippen LogP contribution >= 0.6 is 0 Å². The van der Waals surface area contributed by atoms with E-state index < -0.39 is 0 Å². The van der Waals surface area contributed by atoms with Gasteiger partial charge in [0.1, 0.15) is 19.0 Å². The number of hydrogen-bond donors (Lipinski definition) is 1. The first-order chi connectivity index (χ1) is 11.8. The third-order valence-electron chi connectivity index (χ3n) is 3.65. The number of pyridine rings is 1. The summed E-state index contributed by atoms with van der Waals surface area (Å²) in [6, 6.07) is 5.89. The molecule has 120 valence electrons. The molecule has 0 saturated carbocycles. The van der Waals surface area contributed by atoms with Crippen LogP contribution in [0.5, 0.6) is 0 Å². The van der Waals surface area contributed by atoms with Gasteiger partial charge in [0, 0.05) is 18.3 Å². The summed E-state index contributed by atoms with van der Waals surface area (Å²) in [4.78, 5) is 8.37. The van der Waals surface area contributed by atoms with Crippen LogP contribution in [0.3, 0.4) is 0 Å². The van der Waals surface area contributed by atoms with Gasteiger partial charge in [0.15, 0.2) is 5.82 Å². The second-order valence-electron chi connectivity index (χ2n) is 5.18. The lowest BCUT2D eigenvalue weighted by atomic mass is 10.2. The van der Waals surface area contributed by atoms with Crippen molar-refractivity contribution < 1.29 is 0 Å². The van der Waals surface area contributed by atoms with Crippen molar-refractivity contribution in [2.75, 3.05) is 5.32 Å². The van der Waals surface area contributed by atoms with E-state index in [-0.39, 0.29) is 0 Å². The van der Waals surface area contributed by atoms with E-state index in [0.29, 0.717) is 12.2 Å². The molecule has 0 aromatic carbocycles. The Kier molecular flexibility index (Phi) is 3.58. The minimum Gasteiger partial charge on any atom is -0.378 e. The van der Waals surface area contributed by atoms with Crippen LogP contribution in [-0.2, 0) is 13.0 Å². The maximum atomic E-state index is 4.44. The van der Waals surface area contributed by atoms with E-state index in [1.54, 1.807) is 28.0 Å². The van der Waals surface area contributed by atoms with Crippen LogP contribution in [0, 0.1) is 0 Å². The summed E-state index contributed by atoms with van der Waals surface area (Å²) in [5, 5.41) is 20.0. The lowest BCUT2D eigenvalue weighted by Crippen LogP contribution is -2.09. The minimum absolute atomic E-state index is 0.568. The molecule has 0 spiro atoms. The second kappa shape index (κ2) is 6.03. The van der Waals surface area contributed by atoms with Gasteiger partial charge in [-0.2, -0.15) is 14.7 Å². The Morgan fingerprint density at radius 2 is 2.21 bits per heavy atom. The van der Waals surface area contributed by atoms with Gasteiger partial charge >= 0.3 is 0 Å². The van der Waals surface area contributed by atoms with E-state index in [9.17, 15) is 0 Å². The van der Waals surface area contributed by atoms with E-state index >= 15 is 0 Å². The topological polar surface area (TPSA) is 98.7 Å². The first kappa shape index (κ1) is 14.2. The molecule has 0 amide bonds. The summed E-state index contributed by atoms with van der Waals surface area (Å²) in [6.45, 7) is 2.63. The zero-order valence-corrected chi connectivity index (χ0v) is 13.0. The molecular weight excluding hydrogens is 306 g/mol. The minimum atomic E-state index is 0.568. The SMILES string of the molecule is CCc1cc(NCc2cccnc2-n2cncn2)c2nncn2n1. The highest BCUT2D eigenvalue weighted by atomic mass is 15.4. The summed E-state index contributed by atoms with van der Waals surface area (Å²) in [5.74, 6) is 0.741. The quantitative estimate of drug-likeness (QED) is 0.591. The second-order valence-corrected chi connectivity index (χ2v) is 5.18. The van der Waals surface area contributed by atoms with Gasteiger partial charge in [-0.3, -0.25) is 0 Å². The lowest BCUT2D eigenvalue weighted by molar-refractivity contribution is 0.826. The number of nitrogens with one attached hydrogen (secondary N) is 1. The number of aromatic nitrogens is 8. The fourth-order valence-corrected chi connectivity index (χ4v) is 2.46. The molecule has 0 bridgehead atoms. The molecule has 9 heteroatoms. The summed E-state index contributed by atoms with van der Waals surface area (Å²) < 4.78 is 3.33. The highest BCUT2D eigenvalue weighted by Gasteiger charge is 2.10. The van der Waals surface area contributed by atoms with Gasteiger partial charge in [-0.1, -0.05) is 13.0 Å². The first-order valence-electron chi connectivity index (χ1n) is 7.58. The third kappa shape index (κ3) is 2.56. The van der Waals surface area contributed by atoms with Crippen LogP contribution in [0.4, 0.5) is 5.69 Å². The Morgan fingerprint density at radius 3 is 3.04 bits per heavy atom. The van der Waals surface area contributed by atoms with E-state index in [2.05, 4.69) is 42.6 Å². The fourth-order valence-electron chi connectivity index (χ4n) is 2.46. The lowest BCUT2D eigenvalue weighted by Gasteiger charge is -2.11. The Bertz CT molecular complexity index is 958. The zero-order chi connectivity index (χ0) is 16.4. The predicted octanol–water partition coefficient (Wildman–Crippen LogP) is 1.27.